The Hall–Kier alpha value is -0.300. The Morgan fingerprint density at radius 1 is 1.47 bits per heavy atom. The van der Waals surface area contributed by atoms with Gasteiger partial charge in [-0.15, -0.1) is 0 Å². The van der Waals surface area contributed by atoms with Gasteiger partial charge >= 0.3 is 0 Å². The van der Waals surface area contributed by atoms with E-state index in [1.807, 2.05) is 0 Å². The maximum Gasteiger partial charge on any atom is 0.236 e. The molecule has 1 aromatic carbocycles. The van der Waals surface area contributed by atoms with Gasteiger partial charge in [-0.25, -0.2) is 8.42 Å². The monoisotopic (exact) mass is 340 g/mol. The van der Waals surface area contributed by atoms with Gasteiger partial charge < -0.3 is 5.32 Å². The topological polar surface area (TPSA) is 58.2 Å². The third-order valence-electron chi connectivity index (χ3n) is 2.20. The smallest absolute Gasteiger partial charge is 0.236 e. The fourth-order valence-electron chi connectivity index (χ4n) is 1.22. The Kier molecular flexibility index (Phi) is 5.24. The molecule has 1 atom stereocenters. The highest BCUT2D eigenvalue weighted by Gasteiger charge is 2.20. The summed E-state index contributed by atoms with van der Waals surface area (Å²) in [6.45, 7) is 2.03. The van der Waals surface area contributed by atoms with Crippen molar-refractivity contribution in [2.75, 3.05) is 18.3 Å². The van der Waals surface area contributed by atoms with Crippen LogP contribution in [0.3, 0.4) is 0 Å². The minimum atomic E-state index is -3.40. The molecule has 0 amide bonds. The van der Waals surface area contributed by atoms with Gasteiger partial charge in [-0.2, -0.15) is 0 Å². The molecular weight excluding hydrogens is 328 g/mol. The van der Waals surface area contributed by atoms with Gasteiger partial charge in [-0.1, -0.05) is 11.6 Å². The number of hydrogen-bond donors (Lipinski definition) is 2. The lowest BCUT2D eigenvalue weighted by Crippen LogP contribution is -2.33. The van der Waals surface area contributed by atoms with Crippen molar-refractivity contribution in [2.24, 2.45) is 0 Å². The molecule has 0 heterocycles. The summed E-state index contributed by atoms with van der Waals surface area (Å²) in [5.41, 5.74) is 0.484. The minimum absolute atomic E-state index is 0.389. The van der Waals surface area contributed by atoms with E-state index in [4.69, 9.17) is 11.6 Å². The molecule has 0 bridgehead atoms. The average molecular weight is 342 g/mol. The molecule has 0 fully saturated rings. The Balaban J connectivity index is 2.90. The molecule has 1 rings (SSSR count). The lowest BCUT2D eigenvalue weighted by atomic mass is 10.3. The zero-order valence-electron chi connectivity index (χ0n) is 9.50. The van der Waals surface area contributed by atoms with E-state index < -0.39 is 15.3 Å². The number of sulfonamides is 1. The SMILES string of the molecule is CNCC(C)S(=O)(=O)Nc1ccc(Cl)cc1Br. The first-order chi connectivity index (χ1) is 7.86. The molecule has 0 saturated carbocycles. The summed E-state index contributed by atoms with van der Waals surface area (Å²) in [6, 6.07) is 4.89. The van der Waals surface area contributed by atoms with Gasteiger partial charge in [0.05, 0.1) is 10.9 Å². The van der Waals surface area contributed by atoms with Crippen molar-refractivity contribution in [3.05, 3.63) is 27.7 Å². The fraction of sp³-hybridized carbons (Fsp3) is 0.400. The third-order valence-corrected chi connectivity index (χ3v) is 4.83. The van der Waals surface area contributed by atoms with Crippen LogP contribution < -0.4 is 10.0 Å². The first-order valence-electron chi connectivity index (χ1n) is 4.98. The minimum Gasteiger partial charge on any atom is -0.318 e. The largest absolute Gasteiger partial charge is 0.318 e. The van der Waals surface area contributed by atoms with E-state index >= 15 is 0 Å². The van der Waals surface area contributed by atoms with Crippen LogP contribution in [-0.2, 0) is 10.0 Å². The summed E-state index contributed by atoms with van der Waals surface area (Å²) < 4.78 is 27.0. The zero-order valence-corrected chi connectivity index (χ0v) is 12.7. The maximum atomic E-state index is 11.9. The number of nitrogens with one attached hydrogen (secondary N) is 2. The predicted octanol–water partition coefficient (Wildman–Crippen LogP) is 2.45. The Labute approximate surface area is 115 Å². The molecule has 0 aliphatic heterocycles. The molecule has 7 heteroatoms. The van der Waals surface area contributed by atoms with Crippen molar-refractivity contribution in [1.82, 2.24) is 5.32 Å². The molecule has 0 aliphatic rings. The van der Waals surface area contributed by atoms with Gasteiger partial charge in [0.1, 0.15) is 0 Å². The second kappa shape index (κ2) is 6.04. The van der Waals surface area contributed by atoms with E-state index in [0.717, 1.165) is 0 Å². The molecular formula is C10H14BrClN2O2S. The van der Waals surface area contributed by atoms with Crippen LogP contribution in [0.4, 0.5) is 5.69 Å². The van der Waals surface area contributed by atoms with Gasteiger partial charge in [0.25, 0.3) is 0 Å². The maximum absolute atomic E-state index is 11.9. The highest BCUT2D eigenvalue weighted by molar-refractivity contribution is 9.10. The van der Waals surface area contributed by atoms with Crippen molar-refractivity contribution in [3.63, 3.8) is 0 Å². The molecule has 2 N–H and O–H groups in total. The van der Waals surface area contributed by atoms with E-state index in [1.165, 1.54) is 0 Å². The first-order valence-corrected chi connectivity index (χ1v) is 7.70. The van der Waals surface area contributed by atoms with E-state index in [1.54, 1.807) is 32.2 Å². The van der Waals surface area contributed by atoms with Crippen molar-refractivity contribution in [3.8, 4) is 0 Å². The second-order valence-corrected chi connectivity index (χ2v) is 7.03. The summed E-state index contributed by atoms with van der Waals surface area (Å²) in [7, 11) is -1.68. The van der Waals surface area contributed by atoms with Gasteiger partial charge in [0, 0.05) is 16.0 Å². The molecule has 1 aromatic rings. The van der Waals surface area contributed by atoms with Crippen LogP contribution in [-0.4, -0.2) is 27.3 Å². The van der Waals surface area contributed by atoms with Crippen LogP contribution in [0.25, 0.3) is 0 Å². The standard InChI is InChI=1S/C10H14BrClN2O2S/c1-7(6-13-2)17(15,16)14-10-4-3-8(12)5-9(10)11/h3-5,7,13-14H,6H2,1-2H3. The number of hydrogen-bond acceptors (Lipinski definition) is 3. The van der Waals surface area contributed by atoms with Crippen molar-refractivity contribution in [1.29, 1.82) is 0 Å². The third kappa shape index (κ3) is 4.13. The Morgan fingerprint density at radius 3 is 2.65 bits per heavy atom. The van der Waals surface area contributed by atoms with Gasteiger partial charge in [-0.05, 0) is 48.1 Å². The molecule has 4 nitrogen and oxygen atoms in total. The lowest BCUT2D eigenvalue weighted by Gasteiger charge is -2.15. The van der Waals surface area contributed by atoms with Gasteiger partial charge in [0.2, 0.25) is 10.0 Å². The number of rotatable bonds is 5. The van der Waals surface area contributed by atoms with E-state index in [0.29, 0.717) is 21.7 Å². The second-order valence-electron chi connectivity index (χ2n) is 3.64. The molecule has 0 spiro atoms. The first kappa shape index (κ1) is 14.8. The van der Waals surface area contributed by atoms with Crippen LogP contribution in [0.2, 0.25) is 5.02 Å². The molecule has 0 radical (unpaired) electrons. The number of anilines is 1. The van der Waals surface area contributed by atoms with Crippen LogP contribution in [0, 0.1) is 0 Å². The van der Waals surface area contributed by atoms with Gasteiger partial charge in [-0.3, -0.25) is 4.72 Å². The van der Waals surface area contributed by atoms with Crippen molar-refractivity contribution < 1.29 is 8.42 Å². The van der Waals surface area contributed by atoms with Crippen molar-refractivity contribution in [2.45, 2.75) is 12.2 Å². The van der Waals surface area contributed by atoms with E-state index in [-0.39, 0.29) is 0 Å². The Morgan fingerprint density at radius 2 is 2.12 bits per heavy atom. The fourth-order valence-corrected chi connectivity index (χ4v) is 3.21. The molecule has 1 unspecified atom stereocenters. The predicted molar refractivity (Wildman–Crippen MR) is 75.1 cm³/mol. The highest BCUT2D eigenvalue weighted by atomic mass is 79.9. The quantitative estimate of drug-likeness (QED) is 0.865. The molecule has 0 aromatic heterocycles. The molecule has 0 aliphatic carbocycles. The van der Waals surface area contributed by atoms with E-state index in [9.17, 15) is 8.42 Å². The summed E-state index contributed by atoms with van der Waals surface area (Å²) in [5, 5.41) is 2.86. The van der Waals surface area contributed by atoms with Crippen LogP contribution in [0.1, 0.15) is 6.92 Å². The molecule has 96 valence electrons. The number of halogens is 2. The normalized spacial score (nSPS) is 13.4. The summed E-state index contributed by atoms with van der Waals surface area (Å²) in [6.07, 6.45) is 0. The summed E-state index contributed by atoms with van der Waals surface area (Å²) >= 11 is 9.04. The van der Waals surface area contributed by atoms with Crippen LogP contribution >= 0.6 is 27.5 Å². The van der Waals surface area contributed by atoms with Crippen LogP contribution in [0.5, 0.6) is 0 Å². The zero-order chi connectivity index (χ0) is 13.1. The molecule has 0 saturated heterocycles. The van der Waals surface area contributed by atoms with Crippen LogP contribution in [0.15, 0.2) is 22.7 Å². The molecule has 17 heavy (non-hydrogen) atoms. The lowest BCUT2D eigenvalue weighted by molar-refractivity contribution is 0.583. The van der Waals surface area contributed by atoms with Gasteiger partial charge in [0.15, 0.2) is 0 Å². The summed E-state index contributed by atoms with van der Waals surface area (Å²) in [5.74, 6) is 0. The summed E-state index contributed by atoms with van der Waals surface area (Å²) in [4.78, 5) is 0. The average Bonchev–Trinajstić information content (AvgIpc) is 2.22. The van der Waals surface area contributed by atoms with Crippen molar-refractivity contribution >= 4 is 43.2 Å². The Bertz CT molecular complexity index is 493. The number of benzene rings is 1. The highest BCUT2D eigenvalue weighted by Crippen LogP contribution is 2.27. The van der Waals surface area contributed by atoms with E-state index in [2.05, 4.69) is 26.0 Å².